The summed E-state index contributed by atoms with van der Waals surface area (Å²) in [4.78, 5) is 0. The lowest BCUT2D eigenvalue weighted by Crippen LogP contribution is -2.38. The number of nitrogens with one attached hydrogen (secondary N) is 3. The van der Waals surface area contributed by atoms with E-state index in [1.165, 1.54) is 0 Å². The maximum atomic E-state index is 11.2. The molecule has 1 aromatic rings. The van der Waals surface area contributed by atoms with Crippen LogP contribution in [0, 0.1) is 6.92 Å². The van der Waals surface area contributed by atoms with Gasteiger partial charge < -0.3 is 10.6 Å². The van der Waals surface area contributed by atoms with E-state index in [2.05, 4.69) is 36.1 Å². The van der Waals surface area contributed by atoms with Crippen LogP contribution in [0.4, 0.5) is 11.4 Å². The van der Waals surface area contributed by atoms with Crippen molar-refractivity contribution in [1.29, 1.82) is 0 Å². The molecule has 0 heterocycles. The van der Waals surface area contributed by atoms with Crippen LogP contribution >= 0.6 is 0 Å². The molecule has 114 valence electrons. The minimum absolute atomic E-state index is 0.112. The van der Waals surface area contributed by atoms with Crippen LogP contribution in [-0.2, 0) is 10.0 Å². The molecule has 20 heavy (non-hydrogen) atoms. The van der Waals surface area contributed by atoms with E-state index >= 15 is 0 Å². The zero-order chi connectivity index (χ0) is 15.4. The van der Waals surface area contributed by atoms with Crippen LogP contribution in [0.25, 0.3) is 0 Å². The molecule has 3 N–H and O–H groups in total. The van der Waals surface area contributed by atoms with Crippen molar-refractivity contribution < 1.29 is 8.42 Å². The highest BCUT2D eigenvalue weighted by Crippen LogP contribution is 2.20. The summed E-state index contributed by atoms with van der Waals surface area (Å²) in [7, 11) is -3.23. The van der Waals surface area contributed by atoms with Crippen LogP contribution in [-0.4, -0.2) is 33.3 Å². The molecular weight excluding hydrogens is 274 g/mol. The summed E-state index contributed by atoms with van der Waals surface area (Å²) in [5.41, 5.74) is 2.60. The zero-order valence-electron chi connectivity index (χ0n) is 12.9. The third-order valence-corrected chi connectivity index (χ3v) is 3.22. The van der Waals surface area contributed by atoms with E-state index in [4.69, 9.17) is 0 Å². The molecule has 0 saturated heterocycles. The Bertz CT molecular complexity index is 548. The highest BCUT2D eigenvalue weighted by Gasteiger charge is 2.08. The molecule has 0 aliphatic heterocycles. The van der Waals surface area contributed by atoms with Gasteiger partial charge in [-0.2, -0.15) is 0 Å². The number of anilines is 2. The van der Waals surface area contributed by atoms with Gasteiger partial charge in [0, 0.05) is 24.3 Å². The van der Waals surface area contributed by atoms with Crippen molar-refractivity contribution in [3.63, 3.8) is 0 Å². The van der Waals surface area contributed by atoms with E-state index in [0.717, 1.165) is 30.6 Å². The third-order valence-electron chi connectivity index (χ3n) is 2.63. The Hall–Kier alpha value is -1.27. The number of rotatable bonds is 6. The smallest absolute Gasteiger partial charge is 0.229 e. The number of aryl methyl sites for hydroxylation is 1. The number of benzene rings is 1. The minimum Gasteiger partial charge on any atom is -0.384 e. The molecule has 0 bridgehead atoms. The predicted octanol–water partition coefficient (Wildman–Crippen LogP) is 2.17. The Morgan fingerprint density at radius 2 is 1.80 bits per heavy atom. The van der Waals surface area contributed by atoms with Crippen LogP contribution in [0.5, 0.6) is 0 Å². The highest BCUT2D eigenvalue weighted by atomic mass is 32.2. The van der Waals surface area contributed by atoms with Crippen LogP contribution in [0.15, 0.2) is 18.2 Å². The van der Waals surface area contributed by atoms with E-state index in [0.29, 0.717) is 5.69 Å². The van der Waals surface area contributed by atoms with E-state index in [-0.39, 0.29) is 5.54 Å². The molecule has 0 aliphatic rings. The fourth-order valence-corrected chi connectivity index (χ4v) is 2.36. The normalized spacial score (nSPS) is 12.2. The molecular formula is C14H25N3O2S. The van der Waals surface area contributed by atoms with Crippen molar-refractivity contribution in [2.45, 2.75) is 33.2 Å². The lowest BCUT2D eigenvalue weighted by Gasteiger charge is -2.21. The standard InChI is InChI=1S/C14H25N3O2S/c1-11-10-12(15-8-9-16-14(2,3)4)6-7-13(11)17-20(5,18)19/h6-7,10,15-17H,8-9H2,1-5H3. The molecule has 0 unspecified atom stereocenters. The van der Waals surface area contributed by atoms with Gasteiger partial charge in [0.2, 0.25) is 10.0 Å². The minimum atomic E-state index is -3.23. The predicted molar refractivity (Wildman–Crippen MR) is 85.9 cm³/mol. The van der Waals surface area contributed by atoms with Crippen molar-refractivity contribution in [1.82, 2.24) is 5.32 Å². The number of sulfonamides is 1. The van der Waals surface area contributed by atoms with Gasteiger partial charge in [0.25, 0.3) is 0 Å². The van der Waals surface area contributed by atoms with E-state index in [1.807, 2.05) is 19.1 Å². The van der Waals surface area contributed by atoms with Crippen LogP contribution in [0.3, 0.4) is 0 Å². The van der Waals surface area contributed by atoms with Gasteiger partial charge in [-0.1, -0.05) is 0 Å². The zero-order valence-corrected chi connectivity index (χ0v) is 13.7. The first-order valence-corrected chi connectivity index (χ1v) is 8.53. The Labute approximate surface area is 122 Å². The van der Waals surface area contributed by atoms with Crippen LogP contribution in [0.2, 0.25) is 0 Å². The summed E-state index contributed by atoms with van der Waals surface area (Å²) < 4.78 is 24.9. The Morgan fingerprint density at radius 3 is 2.30 bits per heavy atom. The van der Waals surface area contributed by atoms with Gasteiger partial charge in [0.15, 0.2) is 0 Å². The topological polar surface area (TPSA) is 70.2 Å². The summed E-state index contributed by atoms with van der Waals surface area (Å²) in [5, 5.41) is 6.70. The molecule has 0 spiro atoms. The lowest BCUT2D eigenvalue weighted by molar-refractivity contribution is 0.435. The average Bonchev–Trinajstić information content (AvgIpc) is 2.25. The van der Waals surface area contributed by atoms with Gasteiger partial charge in [-0.15, -0.1) is 0 Å². The molecule has 5 nitrogen and oxygen atoms in total. The van der Waals surface area contributed by atoms with Gasteiger partial charge in [-0.3, -0.25) is 4.72 Å². The van der Waals surface area contributed by atoms with Crippen LogP contribution < -0.4 is 15.4 Å². The molecule has 1 aromatic carbocycles. The first-order valence-electron chi connectivity index (χ1n) is 6.64. The van der Waals surface area contributed by atoms with Gasteiger partial charge in [0.1, 0.15) is 0 Å². The summed E-state index contributed by atoms with van der Waals surface area (Å²) in [5.74, 6) is 0. The van der Waals surface area contributed by atoms with E-state index < -0.39 is 10.0 Å². The van der Waals surface area contributed by atoms with Crippen molar-refractivity contribution in [3.8, 4) is 0 Å². The fourth-order valence-electron chi connectivity index (χ4n) is 1.73. The average molecular weight is 299 g/mol. The molecule has 1 rings (SSSR count). The molecule has 6 heteroatoms. The largest absolute Gasteiger partial charge is 0.384 e. The quantitative estimate of drug-likeness (QED) is 0.704. The monoisotopic (exact) mass is 299 g/mol. The molecule has 0 radical (unpaired) electrons. The summed E-state index contributed by atoms with van der Waals surface area (Å²) in [6, 6.07) is 5.58. The van der Waals surface area contributed by atoms with Crippen LogP contribution in [0.1, 0.15) is 26.3 Å². The molecule has 0 aromatic heterocycles. The van der Waals surface area contributed by atoms with Gasteiger partial charge in [-0.05, 0) is 51.5 Å². The van der Waals surface area contributed by atoms with Gasteiger partial charge in [0.05, 0.1) is 11.9 Å². The molecule has 0 saturated carbocycles. The van der Waals surface area contributed by atoms with E-state index in [1.54, 1.807) is 6.07 Å². The third kappa shape index (κ3) is 6.77. The van der Waals surface area contributed by atoms with Gasteiger partial charge in [-0.25, -0.2) is 8.42 Å². The Kier molecular flexibility index (Phi) is 5.42. The second-order valence-electron chi connectivity index (χ2n) is 6.01. The first-order chi connectivity index (χ1) is 9.07. The van der Waals surface area contributed by atoms with Gasteiger partial charge >= 0.3 is 0 Å². The van der Waals surface area contributed by atoms with Crippen molar-refractivity contribution >= 4 is 21.4 Å². The summed E-state index contributed by atoms with van der Waals surface area (Å²) in [6.45, 7) is 9.95. The second-order valence-corrected chi connectivity index (χ2v) is 7.76. The van der Waals surface area contributed by atoms with Crippen molar-refractivity contribution in [2.24, 2.45) is 0 Å². The molecule has 0 fully saturated rings. The highest BCUT2D eigenvalue weighted by molar-refractivity contribution is 7.92. The maximum absolute atomic E-state index is 11.2. The number of hydrogen-bond donors (Lipinski definition) is 3. The molecule has 0 amide bonds. The molecule has 0 aliphatic carbocycles. The second kappa shape index (κ2) is 6.45. The first kappa shape index (κ1) is 16.8. The van der Waals surface area contributed by atoms with Crippen molar-refractivity contribution in [3.05, 3.63) is 23.8 Å². The number of hydrogen-bond acceptors (Lipinski definition) is 4. The Morgan fingerprint density at radius 1 is 1.15 bits per heavy atom. The summed E-state index contributed by atoms with van der Waals surface area (Å²) >= 11 is 0. The lowest BCUT2D eigenvalue weighted by atomic mass is 10.1. The SMILES string of the molecule is Cc1cc(NCCNC(C)(C)C)ccc1NS(C)(=O)=O. The maximum Gasteiger partial charge on any atom is 0.229 e. The van der Waals surface area contributed by atoms with E-state index in [9.17, 15) is 8.42 Å². The molecule has 0 atom stereocenters. The van der Waals surface area contributed by atoms with Crippen molar-refractivity contribution in [2.75, 3.05) is 29.4 Å². The fraction of sp³-hybridized carbons (Fsp3) is 0.571. The summed E-state index contributed by atoms with van der Waals surface area (Å²) in [6.07, 6.45) is 1.15. The Balaban J connectivity index is 2.55.